The maximum absolute atomic E-state index is 11.7. The third kappa shape index (κ3) is 6.71. The van der Waals surface area contributed by atoms with Gasteiger partial charge in [-0.2, -0.15) is 0 Å². The average Bonchev–Trinajstić information content (AvgIpc) is 2.49. The molecule has 4 nitrogen and oxygen atoms in total. The highest BCUT2D eigenvalue weighted by molar-refractivity contribution is 5.75. The summed E-state index contributed by atoms with van der Waals surface area (Å²) in [6.45, 7) is 13.0. The monoisotopic (exact) mass is 283 g/mol. The zero-order chi connectivity index (χ0) is 14.8. The maximum atomic E-state index is 11.7. The Morgan fingerprint density at radius 3 is 2.45 bits per heavy atom. The Morgan fingerprint density at radius 2 is 1.85 bits per heavy atom. The Kier molecular flexibility index (Phi) is 8.86. The van der Waals surface area contributed by atoms with Crippen molar-refractivity contribution in [2.45, 2.75) is 58.9 Å². The average molecular weight is 283 g/mol. The third-order valence-electron chi connectivity index (χ3n) is 4.38. The summed E-state index contributed by atoms with van der Waals surface area (Å²) in [5.41, 5.74) is 0. The van der Waals surface area contributed by atoms with Crippen molar-refractivity contribution in [3.05, 3.63) is 0 Å². The van der Waals surface area contributed by atoms with Gasteiger partial charge >= 0.3 is 0 Å². The standard InChI is InChI=1S/C16H33N3O/c1-4-6-7-9-17-16(20)8-10-18-11-13-19(14-12-18)15(3)5-2/h15H,4-14H2,1-3H3,(H,17,20). The van der Waals surface area contributed by atoms with Gasteiger partial charge in [0, 0.05) is 51.7 Å². The first-order valence-electron chi connectivity index (χ1n) is 8.40. The van der Waals surface area contributed by atoms with Crippen LogP contribution in [0.4, 0.5) is 0 Å². The molecule has 1 amide bonds. The molecular weight excluding hydrogens is 250 g/mol. The van der Waals surface area contributed by atoms with Gasteiger partial charge in [0.05, 0.1) is 0 Å². The van der Waals surface area contributed by atoms with Crippen molar-refractivity contribution in [1.82, 2.24) is 15.1 Å². The molecular formula is C16H33N3O. The Balaban J connectivity index is 2.07. The number of unbranched alkanes of at least 4 members (excludes halogenated alkanes) is 2. The fourth-order valence-corrected chi connectivity index (χ4v) is 2.64. The number of hydrogen-bond donors (Lipinski definition) is 1. The molecule has 0 aromatic heterocycles. The van der Waals surface area contributed by atoms with Crippen molar-refractivity contribution in [1.29, 1.82) is 0 Å². The van der Waals surface area contributed by atoms with Gasteiger partial charge in [0.25, 0.3) is 0 Å². The molecule has 0 spiro atoms. The summed E-state index contributed by atoms with van der Waals surface area (Å²) >= 11 is 0. The Bertz CT molecular complexity index is 262. The molecule has 0 aliphatic carbocycles. The van der Waals surface area contributed by atoms with Crippen molar-refractivity contribution < 1.29 is 4.79 Å². The zero-order valence-electron chi connectivity index (χ0n) is 13.7. The van der Waals surface area contributed by atoms with Gasteiger partial charge in [-0.3, -0.25) is 9.69 Å². The molecule has 0 radical (unpaired) electrons. The van der Waals surface area contributed by atoms with Crippen LogP contribution in [0.1, 0.15) is 52.9 Å². The Labute approximate surface area is 124 Å². The number of piperazine rings is 1. The van der Waals surface area contributed by atoms with Crippen molar-refractivity contribution in [3.63, 3.8) is 0 Å². The molecule has 1 unspecified atom stereocenters. The third-order valence-corrected chi connectivity index (χ3v) is 4.38. The van der Waals surface area contributed by atoms with Gasteiger partial charge in [-0.25, -0.2) is 0 Å². The lowest BCUT2D eigenvalue weighted by molar-refractivity contribution is -0.121. The van der Waals surface area contributed by atoms with Crippen LogP contribution < -0.4 is 5.32 Å². The lowest BCUT2D eigenvalue weighted by Crippen LogP contribution is -2.49. The van der Waals surface area contributed by atoms with E-state index in [1.807, 2.05) is 0 Å². The van der Waals surface area contributed by atoms with E-state index in [4.69, 9.17) is 0 Å². The molecule has 4 heteroatoms. The van der Waals surface area contributed by atoms with Crippen molar-refractivity contribution in [2.75, 3.05) is 39.3 Å². The molecule has 118 valence electrons. The van der Waals surface area contributed by atoms with E-state index >= 15 is 0 Å². The van der Waals surface area contributed by atoms with E-state index in [2.05, 4.69) is 35.9 Å². The topological polar surface area (TPSA) is 35.6 Å². The molecule has 20 heavy (non-hydrogen) atoms. The summed E-state index contributed by atoms with van der Waals surface area (Å²) in [5, 5.41) is 3.02. The smallest absolute Gasteiger partial charge is 0.221 e. The van der Waals surface area contributed by atoms with Gasteiger partial charge in [0.2, 0.25) is 5.91 Å². The number of hydrogen-bond acceptors (Lipinski definition) is 3. The number of carbonyl (C=O) groups excluding carboxylic acids is 1. The van der Waals surface area contributed by atoms with E-state index in [-0.39, 0.29) is 5.91 Å². The maximum Gasteiger partial charge on any atom is 0.221 e. The molecule has 1 atom stereocenters. The van der Waals surface area contributed by atoms with Crippen LogP contribution in [-0.4, -0.2) is 61.0 Å². The lowest BCUT2D eigenvalue weighted by atomic mass is 10.2. The molecule has 0 bridgehead atoms. The predicted molar refractivity (Wildman–Crippen MR) is 84.9 cm³/mol. The normalized spacial score (nSPS) is 18.9. The van der Waals surface area contributed by atoms with Gasteiger partial charge in [0.15, 0.2) is 0 Å². The lowest BCUT2D eigenvalue weighted by Gasteiger charge is -2.37. The minimum Gasteiger partial charge on any atom is -0.356 e. The first-order chi connectivity index (χ1) is 9.67. The summed E-state index contributed by atoms with van der Waals surface area (Å²) in [5.74, 6) is 0.213. The fourth-order valence-electron chi connectivity index (χ4n) is 2.64. The summed E-state index contributed by atoms with van der Waals surface area (Å²) in [6.07, 6.45) is 5.39. The van der Waals surface area contributed by atoms with Crippen LogP contribution in [0.2, 0.25) is 0 Å². The predicted octanol–water partition coefficient (Wildman–Crippen LogP) is 2.10. The highest BCUT2D eigenvalue weighted by atomic mass is 16.1. The first-order valence-corrected chi connectivity index (χ1v) is 8.40. The fraction of sp³-hybridized carbons (Fsp3) is 0.938. The SMILES string of the molecule is CCCCCNC(=O)CCN1CCN(C(C)CC)CC1. The van der Waals surface area contributed by atoms with Crippen LogP contribution in [0.15, 0.2) is 0 Å². The molecule has 0 saturated carbocycles. The molecule has 1 fully saturated rings. The molecule has 0 aromatic carbocycles. The quantitative estimate of drug-likeness (QED) is 0.658. The van der Waals surface area contributed by atoms with E-state index in [1.54, 1.807) is 0 Å². The summed E-state index contributed by atoms with van der Waals surface area (Å²) in [4.78, 5) is 16.7. The largest absolute Gasteiger partial charge is 0.356 e. The molecule has 1 N–H and O–H groups in total. The van der Waals surface area contributed by atoms with Gasteiger partial charge in [-0.15, -0.1) is 0 Å². The van der Waals surface area contributed by atoms with E-state index < -0.39 is 0 Å². The second-order valence-corrected chi connectivity index (χ2v) is 5.94. The van der Waals surface area contributed by atoms with E-state index in [0.717, 1.165) is 45.7 Å². The summed E-state index contributed by atoms with van der Waals surface area (Å²) in [6, 6.07) is 0.694. The van der Waals surface area contributed by atoms with Crippen LogP contribution in [0, 0.1) is 0 Å². The van der Waals surface area contributed by atoms with Crippen LogP contribution in [0.25, 0.3) is 0 Å². The minimum atomic E-state index is 0.213. The number of rotatable bonds is 9. The van der Waals surface area contributed by atoms with Crippen LogP contribution >= 0.6 is 0 Å². The number of carbonyl (C=O) groups is 1. The second kappa shape index (κ2) is 10.2. The molecule has 1 aliphatic rings. The Hall–Kier alpha value is -0.610. The number of nitrogens with one attached hydrogen (secondary N) is 1. The van der Waals surface area contributed by atoms with E-state index in [1.165, 1.54) is 19.3 Å². The minimum absolute atomic E-state index is 0.213. The van der Waals surface area contributed by atoms with Gasteiger partial charge in [-0.05, 0) is 19.8 Å². The molecule has 1 heterocycles. The van der Waals surface area contributed by atoms with Crippen molar-refractivity contribution in [2.24, 2.45) is 0 Å². The molecule has 0 aromatic rings. The van der Waals surface area contributed by atoms with Crippen LogP contribution in [0.5, 0.6) is 0 Å². The Morgan fingerprint density at radius 1 is 1.15 bits per heavy atom. The zero-order valence-corrected chi connectivity index (χ0v) is 13.7. The second-order valence-electron chi connectivity index (χ2n) is 5.94. The van der Waals surface area contributed by atoms with Crippen molar-refractivity contribution in [3.8, 4) is 0 Å². The molecule has 1 saturated heterocycles. The first kappa shape index (κ1) is 17.4. The van der Waals surface area contributed by atoms with E-state index in [9.17, 15) is 4.79 Å². The summed E-state index contributed by atoms with van der Waals surface area (Å²) in [7, 11) is 0. The summed E-state index contributed by atoms with van der Waals surface area (Å²) < 4.78 is 0. The number of nitrogens with zero attached hydrogens (tertiary/aromatic N) is 2. The molecule has 1 aliphatic heterocycles. The van der Waals surface area contributed by atoms with Gasteiger partial charge < -0.3 is 10.2 Å². The highest BCUT2D eigenvalue weighted by Crippen LogP contribution is 2.08. The van der Waals surface area contributed by atoms with Crippen LogP contribution in [0.3, 0.4) is 0 Å². The van der Waals surface area contributed by atoms with Gasteiger partial charge in [0.1, 0.15) is 0 Å². The highest BCUT2D eigenvalue weighted by Gasteiger charge is 2.20. The van der Waals surface area contributed by atoms with Crippen molar-refractivity contribution >= 4 is 5.91 Å². The van der Waals surface area contributed by atoms with Gasteiger partial charge in [-0.1, -0.05) is 26.7 Å². The van der Waals surface area contributed by atoms with E-state index in [0.29, 0.717) is 12.5 Å². The molecule has 1 rings (SSSR count). The van der Waals surface area contributed by atoms with Crippen LogP contribution in [-0.2, 0) is 4.79 Å². The number of amides is 1.